The van der Waals surface area contributed by atoms with E-state index in [0.717, 1.165) is 12.8 Å². The van der Waals surface area contributed by atoms with Crippen LogP contribution in [0.2, 0.25) is 0 Å². The number of hydrogen-bond acceptors (Lipinski definition) is 3. The van der Waals surface area contributed by atoms with Gasteiger partial charge in [-0.05, 0) is 36.3 Å². The quantitative estimate of drug-likeness (QED) is 0.822. The molecule has 1 aromatic rings. The highest BCUT2D eigenvalue weighted by atomic mass is 16.2. The molecule has 1 aliphatic carbocycles. The van der Waals surface area contributed by atoms with Gasteiger partial charge in [-0.1, -0.05) is 24.3 Å². The predicted molar refractivity (Wildman–Crippen MR) is 82.1 cm³/mol. The molecular weight excluding hydrogens is 294 g/mol. The van der Waals surface area contributed by atoms with Crippen molar-refractivity contribution in [1.82, 2.24) is 15.5 Å². The molecule has 1 atom stereocenters. The Hall–Kier alpha value is -2.37. The molecule has 2 N–H and O–H groups in total. The van der Waals surface area contributed by atoms with Crippen LogP contribution in [0.5, 0.6) is 0 Å². The Labute approximate surface area is 134 Å². The fourth-order valence-electron chi connectivity index (χ4n) is 3.72. The van der Waals surface area contributed by atoms with Gasteiger partial charge < -0.3 is 10.2 Å². The molecule has 6 nitrogen and oxygen atoms in total. The zero-order chi connectivity index (χ0) is 16.0. The minimum atomic E-state index is -0.876. The van der Waals surface area contributed by atoms with Gasteiger partial charge in [0.1, 0.15) is 5.54 Å². The third-order valence-electron chi connectivity index (χ3n) is 5.17. The number of nitrogens with one attached hydrogen (secondary N) is 2. The Bertz CT molecular complexity index is 673. The van der Waals surface area contributed by atoms with Crippen LogP contribution in [-0.4, -0.2) is 28.3 Å². The molecule has 1 saturated heterocycles. The topological polar surface area (TPSA) is 78.5 Å². The molecule has 0 unspecified atom stereocenters. The largest absolute Gasteiger partial charge is 0.334 e. The van der Waals surface area contributed by atoms with Gasteiger partial charge in [-0.3, -0.25) is 14.9 Å². The lowest BCUT2D eigenvalue weighted by molar-refractivity contribution is -0.133. The number of fused-ring (bicyclic) bond motifs is 1. The SMILES string of the molecule is O=C1NC(=O)[C@](CCC(=O)N2Cc3ccccc3C2)(C2CC2)N1. The maximum Gasteiger partial charge on any atom is 0.322 e. The molecule has 6 heteroatoms. The summed E-state index contributed by atoms with van der Waals surface area (Å²) in [5, 5.41) is 5.09. The third kappa shape index (κ3) is 2.38. The van der Waals surface area contributed by atoms with Crippen LogP contribution >= 0.6 is 0 Å². The van der Waals surface area contributed by atoms with E-state index in [0.29, 0.717) is 19.5 Å². The van der Waals surface area contributed by atoms with Crippen LogP contribution in [0.25, 0.3) is 0 Å². The first-order valence-corrected chi connectivity index (χ1v) is 8.07. The first-order chi connectivity index (χ1) is 11.1. The molecule has 1 saturated carbocycles. The summed E-state index contributed by atoms with van der Waals surface area (Å²) in [6.45, 7) is 1.26. The van der Waals surface area contributed by atoms with Crippen LogP contribution in [0.3, 0.4) is 0 Å². The first kappa shape index (κ1) is 14.2. The molecule has 0 bridgehead atoms. The van der Waals surface area contributed by atoms with Crippen LogP contribution in [-0.2, 0) is 22.7 Å². The highest BCUT2D eigenvalue weighted by Gasteiger charge is 2.55. The minimum absolute atomic E-state index is 0.0372. The standard InChI is InChI=1S/C17H19N3O3/c21-14(20-9-11-3-1-2-4-12(11)10-20)7-8-17(13-5-6-13)15(22)18-16(23)19-17/h1-4,13H,5-10H2,(H2,18,19,22,23)/t17-/m0/s1. The van der Waals surface area contributed by atoms with Crippen molar-refractivity contribution in [2.45, 2.75) is 44.3 Å². The van der Waals surface area contributed by atoms with Gasteiger partial charge in [-0.25, -0.2) is 4.79 Å². The first-order valence-electron chi connectivity index (χ1n) is 8.07. The lowest BCUT2D eigenvalue weighted by atomic mass is 9.88. The van der Waals surface area contributed by atoms with E-state index in [1.54, 1.807) is 0 Å². The van der Waals surface area contributed by atoms with E-state index in [1.165, 1.54) is 11.1 Å². The van der Waals surface area contributed by atoms with Crippen LogP contribution < -0.4 is 10.6 Å². The van der Waals surface area contributed by atoms with Crippen molar-refractivity contribution in [2.75, 3.05) is 0 Å². The maximum atomic E-state index is 12.5. The van der Waals surface area contributed by atoms with E-state index in [-0.39, 0.29) is 24.2 Å². The van der Waals surface area contributed by atoms with Gasteiger partial charge in [0.25, 0.3) is 5.91 Å². The zero-order valence-corrected chi connectivity index (χ0v) is 12.8. The zero-order valence-electron chi connectivity index (χ0n) is 12.8. The second-order valence-corrected chi connectivity index (χ2v) is 6.67. The molecule has 0 radical (unpaired) electrons. The van der Waals surface area contributed by atoms with Gasteiger partial charge in [0.05, 0.1) is 0 Å². The Morgan fingerprint density at radius 1 is 1.17 bits per heavy atom. The smallest absolute Gasteiger partial charge is 0.322 e. The number of rotatable bonds is 4. The maximum absolute atomic E-state index is 12.5. The van der Waals surface area contributed by atoms with Crippen molar-refractivity contribution in [1.29, 1.82) is 0 Å². The van der Waals surface area contributed by atoms with E-state index >= 15 is 0 Å². The van der Waals surface area contributed by atoms with Crippen LogP contribution in [0.4, 0.5) is 4.79 Å². The number of nitrogens with zero attached hydrogens (tertiary/aromatic N) is 1. The molecule has 3 aliphatic rings. The Morgan fingerprint density at radius 2 is 1.83 bits per heavy atom. The van der Waals surface area contributed by atoms with Crippen LogP contribution in [0, 0.1) is 5.92 Å². The monoisotopic (exact) mass is 313 g/mol. The summed E-state index contributed by atoms with van der Waals surface area (Å²) in [5.74, 6) is -0.0739. The van der Waals surface area contributed by atoms with Gasteiger partial charge in [-0.2, -0.15) is 0 Å². The minimum Gasteiger partial charge on any atom is -0.334 e. The Balaban J connectivity index is 1.42. The average molecular weight is 313 g/mol. The fourth-order valence-corrected chi connectivity index (χ4v) is 3.72. The molecule has 0 aromatic heterocycles. The van der Waals surface area contributed by atoms with Crippen molar-refractivity contribution in [3.8, 4) is 0 Å². The van der Waals surface area contributed by atoms with Crippen molar-refractivity contribution in [3.05, 3.63) is 35.4 Å². The van der Waals surface area contributed by atoms with E-state index in [9.17, 15) is 14.4 Å². The molecule has 120 valence electrons. The highest BCUT2D eigenvalue weighted by Crippen LogP contribution is 2.43. The van der Waals surface area contributed by atoms with Gasteiger partial charge in [0, 0.05) is 19.5 Å². The van der Waals surface area contributed by atoms with Crippen LogP contribution in [0.1, 0.15) is 36.8 Å². The van der Waals surface area contributed by atoms with Gasteiger partial charge in [0.15, 0.2) is 0 Å². The fraction of sp³-hybridized carbons (Fsp3) is 0.471. The van der Waals surface area contributed by atoms with E-state index in [2.05, 4.69) is 10.6 Å². The number of benzene rings is 1. The van der Waals surface area contributed by atoms with Crippen molar-refractivity contribution >= 4 is 17.8 Å². The molecule has 2 aliphatic heterocycles. The molecule has 2 heterocycles. The Kier molecular flexibility index (Phi) is 3.14. The van der Waals surface area contributed by atoms with Crippen LogP contribution in [0.15, 0.2) is 24.3 Å². The Morgan fingerprint density at radius 3 is 2.35 bits per heavy atom. The van der Waals surface area contributed by atoms with Gasteiger partial charge in [0.2, 0.25) is 5.91 Å². The normalized spacial score (nSPS) is 26.0. The number of carbonyl (C=O) groups excluding carboxylic acids is 3. The molecule has 0 spiro atoms. The van der Waals surface area contributed by atoms with Crippen molar-refractivity contribution in [2.24, 2.45) is 5.92 Å². The molecule has 4 rings (SSSR count). The number of hydrogen-bond donors (Lipinski definition) is 2. The summed E-state index contributed by atoms with van der Waals surface area (Å²) < 4.78 is 0. The van der Waals surface area contributed by atoms with Crippen molar-refractivity contribution < 1.29 is 14.4 Å². The molecule has 4 amide bonds. The van der Waals surface area contributed by atoms with E-state index in [1.807, 2.05) is 29.2 Å². The lowest BCUT2D eigenvalue weighted by Crippen LogP contribution is -2.49. The van der Waals surface area contributed by atoms with E-state index in [4.69, 9.17) is 0 Å². The molecule has 2 fully saturated rings. The molecular formula is C17H19N3O3. The summed E-state index contributed by atoms with van der Waals surface area (Å²) in [5.41, 5.74) is 1.49. The summed E-state index contributed by atoms with van der Waals surface area (Å²) in [7, 11) is 0. The number of amides is 4. The second kappa shape index (κ2) is 5.08. The summed E-state index contributed by atoms with van der Waals surface area (Å²) in [6.07, 6.45) is 2.51. The third-order valence-corrected chi connectivity index (χ3v) is 5.17. The second-order valence-electron chi connectivity index (χ2n) is 6.67. The van der Waals surface area contributed by atoms with E-state index < -0.39 is 11.6 Å². The summed E-state index contributed by atoms with van der Waals surface area (Å²) >= 11 is 0. The molecule has 23 heavy (non-hydrogen) atoms. The summed E-state index contributed by atoms with van der Waals surface area (Å²) in [6, 6.07) is 7.60. The highest BCUT2D eigenvalue weighted by molar-refractivity contribution is 6.07. The number of urea groups is 1. The average Bonchev–Trinajstić information content (AvgIpc) is 3.22. The number of imide groups is 1. The number of carbonyl (C=O) groups is 3. The summed E-state index contributed by atoms with van der Waals surface area (Å²) in [4.78, 5) is 38.0. The van der Waals surface area contributed by atoms with Crippen molar-refractivity contribution in [3.63, 3.8) is 0 Å². The van der Waals surface area contributed by atoms with Gasteiger partial charge in [-0.15, -0.1) is 0 Å². The molecule has 1 aromatic carbocycles. The predicted octanol–water partition coefficient (Wildman–Crippen LogP) is 1.30. The lowest BCUT2D eigenvalue weighted by Gasteiger charge is -2.26. The van der Waals surface area contributed by atoms with Gasteiger partial charge >= 0.3 is 6.03 Å².